The Morgan fingerprint density at radius 2 is 1.68 bits per heavy atom. The third kappa shape index (κ3) is 3.46. The molecule has 0 unspecified atom stereocenters. The highest BCUT2D eigenvalue weighted by atomic mass is 35.5. The number of hydrogen-bond acceptors (Lipinski definition) is 4. The second-order valence-electron chi connectivity index (χ2n) is 5.05. The minimum atomic E-state index is -1.13. The normalized spacial score (nSPS) is 11.9. The van der Waals surface area contributed by atoms with Crippen LogP contribution in [0.25, 0.3) is 5.69 Å². The highest BCUT2D eigenvalue weighted by Crippen LogP contribution is 2.29. The van der Waals surface area contributed by atoms with Gasteiger partial charge in [0.2, 0.25) is 0 Å². The van der Waals surface area contributed by atoms with Gasteiger partial charge in [-0.15, -0.1) is 0 Å². The molecule has 2 rings (SSSR count). The summed E-state index contributed by atoms with van der Waals surface area (Å²) in [6.45, 7) is -0.798. The van der Waals surface area contributed by atoms with E-state index in [9.17, 15) is 15.3 Å². The van der Waals surface area contributed by atoms with Crippen molar-refractivity contribution >= 4 is 23.2 Å². The number of aliphatic hydroxyl groups excluding tert-OH is 3. The summed E-state index contributed by atoms with van der Waals surface area (Å²) in [5.74, 6) is 0. The van der Waals surface area contributed by atoms with Crippen LogP contribution in [0.4, 0.5) is 0 Å². The van der Waals surface area contributed by atoms with E-state index in [0.29, 0.717) is 16.6 Å². The molecule has 2 aromatic rings. The van der Waals surface area contributed by atoms with Gasteiger partial charge in [-0.05, 0) is 24.3 Å². The van der Waals surface area contributed by atoms with E-state index >= 15 is 0 Å². The molecule has 0 aliphatic heterocycles. The first-order valence-electron chi connectivity index (χ1n) is 6.75. The maximum atomic E-state index is 9.34. The van der Waals surface area contributed by atoms with Crippen LogP contribution in [0.1, 0.15) is 5.69 Å². The van der Waals surface area contributed by atoms with Crippen LogP contribution >= 0.6 is 23.2 Å². The summed E-state index contributed by atoms with van der Waals surface area (Å²) in [5.41, 5.74) is 0.454. The Morgan fingerprint density at radius 1 is 1.00 bits per heavy atom. The maximum Gasteiger partial charge on any atom is 0.0884 e. The third-order valence-electron chi connectivity index (χ3n) is 3.58. The Kier molecular flexibility index (Phi) is 5.86. The van der Waals surface area contributed by atoms with Crippen LogP contribution in [-0.4, -0.2) is 45.2 Å². The Morgan fingerprint density at radius 3 is 2.32 bits per heavy atom. The lowest BCUT2D eigenvalue weighted by Gasteiger charge is -2.29. The molecule has 1 aromatic heterocycles. The van der Waals surface area contributed by atoms with Crippen LogP contribution in [-0.2, 0) is 6.54 Å². The zero-order chi connectivity index (χ0) is 16.2. The zero-order valence-corrected chi connectivity index (χ0v) is 13.3. The molecule has 0 fully saturated rings. The van der Waals surface area contributed by atoms with Crippen LogP contribution < -0.4 is 5.32 Å². The fourth-order valence-electron chi connectivity index (χ4n) is 2.07. The topological polar surface area (TPSA) is 77.7 Å². The highest BCUT2D eigenvalue weighted by Gasteiger charge is 2.27. The number of hydrogen-bond donors (Lipinski definition) is 4. The van der Waals surface area contributed by atoms with E-state index in [-0.39, 0.29) is 19.8 Å². The number of halogens is 2. The second kappa shape index (κ2) is 7.46. The van der Waals surface area contributed by atoms with Crippen molar-refractivity contribution in [1.29, 1.82) is 0 Å². The van der Waals surface area contributed by atoms with E-state index in [1.54, 1.807) is 12.1 Å². The summed E-state index contributed by atoms with van der Waals surface area (Å²) in [4.78, 5) is 0. The molecule has 0 bridgehead atoms. The minimum Gasteiger partial charge on any atom is -0.394 e. The number of aliphatic hydroxyl groups is 3. The molecular weight excluding hydrogens is 327 g/mol. The van der Waals surface area contributed by atoms with Crippen molar-refractivity contribution in [3.05, 3.63) is 52.3 Å². The van der Waals surface area contributed by atoms with Gasteiger partial charge in [0.1, 0.15) is 0 Å². The standard InChI is InChI=1S/C15H18Cl2N2O3/c16-12-4-1-5-13(14(12)17)19-6-2-3-11(19)7-18-15(8-20,9-21)10-22/h1-6,18,20-22H,7-10H2. The van der Waals surface area contributed by atoms with Crippen molar-refractivity contribution in [3.8, 4) is 5.69 Å². The van der Waals surface area contributed by atoms with Gasteiger partial charge in [0, 0.05) is 18.4 Å². The van der Waals surface area contributed by atoms with Crippen LogP contribution in [0.15, 0.2) is 36.5 Å². The molecule has 1 heterocycles. The molecule has 0 aliphatic rings. The molecule has 0 spiro atoms. The van der Waals surface area contributed by atoms with Crippen LogP contribution in [0.3, 0.4) is 0 Å². The van der Waals surface area contributed by atoms with Crippen molar-refractivity contribution < 1.29 is 15.3 Å². The number of benzene rings is 1. The zero-order valence-electron chi connectivity index (χ0n) is 11.8. The van der Waals surface area contributed by atoms with Crippen molar-refractivity contribution in [2.75, 3.05) is 19.8 Å². The molecule has 22 heavy (non-hydrogen) atoms. The quantitative estimate of drug-likeness (QED) is 0.615. The molecule has 5 nitrogen and oxygen atoms in total. The molecule has 1 aromatic carbocycles. The minimum absolute atomic E-state index is 0.331. The number of aromatic nitrogens is 1. The average Bonchev–Trinajstić information content (AvgIpc) is 3.00. The Hall–Kier alpha value is -1.08. The molecule has 0 aliphatic carbocycles. The molecular formula is C15H18Cl2N2O3. The van der Waals surface area contributed by atoms with Gasteiger partial charge in [0.05, 0.1) is 41.1 Å². The smallest absolute Gasteiger partial charge is 0.0884 e. The average molecular weight is 345 g/mol. The molecule has 0 radical (unpaired) electrons. The molecule has 0 atom stereocenters. The van der Waals surface area contributed by atoms with Gasteiger partial charge in [-0.3, -0.25) is 5.32 Å². The SMILES string of the molecule is OCC(CO)(CO)NCc1cccn1-c1cccc(Cl)c1Cl. The first-order chi connectivity index (χ1) is 10.6. The van der Waals surface area contributed by atoms with Gasteiger partial charge >= 0.3 is 0 Å². The van der Waals surface area contributed by atoms with Gasteiger partial charge in [-0.1, -0.05) is 29.3 Å². The first kappa shape index (κ1) is 17.3. The lowest BCUT2D eigenvalue weighted by atomic mass is 10.0. The van der Waals surface area contributed by atoms with E-state index in [1.807, 2.05) is 29.0 Å². The van der Waals surface area contributed by atoms with Gasteiger partial charge < -0.3 is 19.9 Å². The lowest BCUT2D eigenvalue weighted by molar-refractivity contribution is 0.0411. The Labute approximate surface area is 138 Å². The first-order valence-corrected chi connectivity index (χ1v) is 7.51. The summed E-state index contributed by atoms with van der Waals surface area (Å²) in [6, 6.07) is 9.09. The summed E-state index contributed by atoms with van der Waals surface area (Å²) in [6.07, 6.45) is 1.84. The predicted octanol–water partition coefficient (Wildman–Crippen LogP) is 1.59. The van der Waals surface area contributed by atoms with E-state index in [4.69, 9.17) is 23.2 Å². The van der Waals surface area contributed by atoms with E-state index in [1.165, 1.54) is 0 Å². The maximum absolute atomic E-state index is 9.34. The van der Waals surface area contributed by atoms with Crippen molar-refractivity contribution in [3.63, 3.8) is 0 Å². The predicted molar refractivity (Wildman–Crippen MR) is 86.6 cm³/mol. The van der Waals surface area contributed by atoms with Gasteiger partial charge in [-0.2, -0.15) is 0 Å². The molecule has 4 N–H and O–H groups in total. The number of nitrogens with zero attached hydrogens (tertiary/aromatic N) is 1. The van der Waals surface area contributed by atoms with Gasteiger partial charge in [-0.25, -0.2) is 0 Å². The highest BCUT2D eigenvalue weighted by molar-refractivity contribution is 6.43. The molecule has 7 heteroatoms. The summed E-state index contributed by atoms with van der Waals surface area (Å²) in [5, 5.41) is 31.9. The van der Waals surface area contributed by atoms with E-state index in [0.717, 1.165) is 11.4 Å². The van der Waals surface area contributed by atoms with Crippen LogP contribution in [0.5, 0.6) is 0 Å². The van der Waals surface area contributed by atoms with Gasteiger partial charge in [0.25, 0.3) is 0 Å². The molecule has 0 saturated carbocycles. The van der Waals surface area contributed by atoms with Crippen molar-refractivity contribution in [2.45, 2.75) is 12.1 Å². The van der Waals surface area contributed by atoms with Gasteiger partial charge in [0.15, 0.2) is 0 Å². The second-order valence-corrected chi connectivity index (χ2v) is 5.84. The monoisotopic (exact) mass is 344 g/mol. The van der Waals surface area contributed by atoms with Crippen molar-refractivity contribution in [1.82, 2.24) is 9.88 Å². The fraction of sp³-hybridized carbons (Fsp3) is 0.333. The number of rotatable bonds is 7. The molecule has 0 saturated heterocycles. The summed E-state index contributed by atoms with van der Waals surface area (Å²) in [7, 11) is 0. The van der Waals surface area contributed by atoms with Crippen LogP contribution in [0, 0.1) is 0 Å². The van der Waals surface area contributed by atoms with E-state index < -0.39 is 5.54 Å². The molecule has 120 valence electrons. The molecule has 0 amide bonds. The Bertz CT molecular complexity index is 619. The fourth-order valence-corrected chi connectivity index (χ4v) is 2.46. The van der Waals surface area contributed by atoms with Crippen LogP contribution in [0.2, 0.25) is 10.0 Å². The lowest BCUT2D eigenvalue weighted by Crippen LogP contribution is -2.54. The van der Waals surface area contributed by atoms with Crippen molar-refractivity contribution in [2.24, 2.45) is 0 Å². The largest absolute Gasteiger partial charge is 0.394 e. The third-order valence-corrected chi connectivity index (χ3v) is 4.39. The van der Waals surface area contributed by atoms with E-state index in [2.05, 4.69) is 5.32 Å². The Balaban J connectivity index is 2.25. The summed E-state index contributed by atoms with van der Waals surface area (Å²) >= 11 is 12.3. The summed E-state index contributed by atoms with van der Waals surface area (Å²) < 4.78 is 1.86. The number of nitrogens with one attached hydrogen (secondary N) is 1.